The van der Waals surface area contributed by atoms with E-state index in [1.807, 2.05) is 13.8 Å². The van der Waals surface area contributed by atoms with Gasteiger partial charge in [0.25, 0.3) is 0 Å². The minimum atomic E-state index is 0.0351. The highest BCUT2D eigenvalue weighted by Crippen LogP contribution is 2.19. The Hall–Kier alpha value is -1.36. The molecule has 1 unspecified atom stereocenters. The van der Waals surface area contributed by atoms with Gasteiger partial charge in [-0.3, -0.25) is 9.48 Å². The first-order chi connectivity index (χ1) is 7.60. The minimum absolute atomic E-state index is 0.0351. The molecule has 0 saturated heterocycles. The normalized spacial score (nSPS) is 12.5. The number of nitrogens with two attached hydrogens (primary N) is 1. The minimum Gasteiger partial charge on any atom is -0.493 e. The number of rotatable bonds is 6. The van der Waals surface area contributed by atoms with Crippen molar-refractivity contribution in [3.05, 3.63) is 11.9 Å². The van der Waals surface area contributed by atoms with E-state index in [9.17, 15) is 4.79 Å². The molecule has 0 aromatic carbocycles. The number of ether oxygens (including phenoxy) is 1. The molecule has 0 saturated carbocycles. The summed E-state index contributed by atoms with van der Waals surface area (Å²) in [6, 6.07) is 0.0351. The molecule has 1 aromatic heterocycles. The zero-order valence-electron chi connectivity index (χ0n) is 10.1. The summed E-state index contributed by atoms with van der Waals surface area (Å²) in [5.41, 5.74) is 6.18. The molecule has 1 rings (SSSR count). The first-order valence-electron chi connectivity index (χ1n) is 5.48. The molecular weight excluding hydrogens is 206 g/mol. The van der Waals surface area contributed by atoms with Crippen molar-refractivity contribution in [3.63, 3.8) is 0 Å². The molecule has 90 valence electrons. The van der Waals surface area contributed by atoms with E-state index < -0.39 is 0 Å². The van der Waals surface area contributed by atoms with E-state index in [0.29, 0.717) is 30.8 Å². The molecule has 16 heavy (non-hydrogen) atoms. The van der Waals surface area contributed by atoms with Crippen molar-refractivity contribution in [1.82, 2.24) is 9.78 Å². The van der Waals surface area contributed by atoms with Gasteiger partial charge in [-0.05, 0) is 20.3 Å². The van der Waals surface area contributed by atoms with E-state index in [2.05, 4.69) is 5.10 Å². The number of Topliss-reactive ketones (excluding diaryl/α,β-unsaturated/α-hetero) is 1. The van der Waals surface area contributed by atoms with Gasteiger partial charge in [0.2, 0.25) is 0 Å². The molecule has 5 nitrogen and oxygen atoms in total. The third kappa shape index (κ3) is 2.82. The number of carbonyl (C=O) groups is 1. The van der Waals surface area contributed by atoms with Crippen LogP contribution < -0.4 is 10.5 Å². The summed E-state index contributed by atoms with van der Waals surface area (Å²) in [5, 5.41) is 4.09. The lowest BCUT2D eigenvalue weighted by atomic mass is 10.1. The Morgan fingerprint density at radius 2 is 2.38 bits per heavy atom. The number of aromatic nitrogens is 2. The van der Waals surface area contributed by atoms with Crippen LogP contribution in [0.2, 0.25) is 0 Å². The molecule has 0 bridgehead atoms. The maximum Gasteiger partial charge on any atom is 0.184 e. The molecular formula is C11H19N3O2. The molecule has 0 aliphatic carbocycles. The van der Waals surface area contributed by atoms with Crippen LogP contribution in [0.4, 0.5) is 0 Å². The first-order valence-corrected chi connectivity index (χ1v) is 5.48. The maximum absolute atomic E-state index is 12.0. The topological polar surface area (TPSA) is 70.1 Å². The predicted molar refractivity (Wildman–Crippen MR) is 61.7 cm³/mol. The molecule has 0 fully saturated rings. The van der Waals surface area contributed by atoms with Gasteiger partial charge in [0.1, 0.15) is 5.69 Å². The van der Waals surface area contributed by atoms with E-state index in [1.54, 1.807) is 18.0 Å². The van der Waals surface area contributed by atoms with Crippen LogP contribution in [0.5, 0.6) is 5.75 Å². The summed E-state index contributed by atoms with van der Waals surface area (Å²) in [4.78, 5) is 12.0. The Kier molecular flexibility index (Phi) is 4.49. The number of nitrogens with zero attached hydrogens (tertiary/aromatic N) is 2. The van der Waals surface area contributed by atoms with Crippen molar-refractivity contribution in [3.8, 4) is 5.75 Å². The van der Waals surface area contributed by atoms with Gasteiger partial charge in [0.15, 0.2) is 11.5 Å². The lowest BCUT2D eigenvalue weighted by molar-refractivity contribution is 0.0964. The smallest absolute Gasteiger partial charge is 0.184 e. The average molecular weight is 225 g/mol. The highest BCUT2D eigenvalue weighted by molar-refractivity contribution is 5.97. The largest absolute Gasteiger partial charge is 0.493 e. The summed E-state index contributed by atoms with van der Waals surface area (Å²) in [6.07, 6.45) is 2.68. The fourth-order valence-corrected chi connectivity index (χ4v) is 1.52. The van der Waals surface area contributed by atoms with Crippen molar-refractivity contribution >= 4 is 5.78 Å². The molecule has 0 spiro atoms. The summed E-state index contributed by atoms with van der Waals surface area (Å²) < 4.78 is 6.78. The van der Waals surface area contributed by atoms with Gasteiger partial charge in [-0.25, -0.2) is 0 Å². The van der Waals surface area contributed by atoms with Gasteiger partial charge in [0.05, 0.1) is 13.3 Å². The summed E-state index contributed by atoms with van der Waals surface area (Å²) in [6.45, 7) is 4.49. The fourth-order valence-electron chi connectivity index (χ4n) is 1.52. The van der Waals surface area contributed by atoms with Crippen LogP contribution in [-0.2, 0) is 6.54 Å². The van der Waals surface area contributed by atoms with Crippen LogP contribution in [0.25, 0.3) is 0 Å². The molecule has 1 atom stereocenters. The van der Waals surface area contributed by atoms with Crippen LogP contribution >= 0.6 is 0 Å². The summed E-state index contributed by atoms with van der Waals surface area (Å²) in [7, 11) is 1.54. The second-order valence-electron chi connectivity index (χ2n) is 3.82. The standard InChI is InChI=1S/C11H19N3O2/c1-4-14-11(10(16-3)7-13-14)9(15)6-5-8(2)12/h7-8H,4-6,12H2,1-3H3. The zero-order valence-corrected chi connectivity index (χ0v) is 10.1. The summed E-state index contributed by atoms with van der Waals surface area (Å²) in [5.74, 6) is 0.574. The van der Waals surface area contributed by atoms with Crippen molar-refractivity contribution in [2.75, 3.05) is 7.11 Å². The zero-order chi connectivity index (χ0) is 12.1. The molecule has 1 heterocycles. The number of methoxy groups -OCH3 is 1. The van der Waals surface area contributed by atoms with Crippen molar-refractivity contribution in [2.45, 2.75) is 39.3 Å². The van der Waals surface area contributed by atoms with E-state index in [0.717, 1.165) is 0 Å². The molecule has 0 amide bonds. The molecule has 5 heteroatoms. The lowest BCUT2D eigenvalue weighted by Gasteiger charge is -2.07. The molecule has 2 N–H and O–H groups in total. The maximum atomic E-state index is 12.0. The van der Waals surface area contributed by atoms with Gasteiger partial charge in [0, 0.05) is 19.0 Å². The van der Waals surface area contributed by atoms with Gasteiger partial charge < -0.3 is 10.5 Å². The van der Waals surface area contributed by atoms with Crippen LogP contribution in [0.1, 0.15) is 37.2 Å². The Morgan fingerprint density at radius 1 is 1.69 bits per heavy atom. The van der Waals surface area contributed by atoms with Gasteiger partial charge >= 0.3 is 0 Å². The monoisotopic (exact) mass is 225 g/mol. The van der Waals surface area contributed by atoms with Crippen molar-refractivity contribution in [2.24, 2.45) is 5.73 Å². The lowest BCUT2D eigenvalue weighted by Crippen LogP contribution is -2.18. The van der Waals surface area contributed by atoms with Gasteiger partial charge in [-0.15, -0.1) is 0 Å². The van der Waals surface area contributed by atoms with E-state index >= 15 is 0 Å². The Balaban J connectivity index is 2.83. The van der Waals surface area contributed by atoms with Crippen LogP contribution in [0.15, 0.2) is 6.20 Å². The van der Waals surface area contributed by atoms with Crippen LogP contribution in [-0.4, -0.2) is 28.7 Å². The molecule has 0 aliphatic heterocycles. The third-order valence-corrected chi connectivity index (χ3v) is 2.42. The number of aryl methyl sites for hydroxylation is 1. The van der Waals surface area contributed by atoms with Gasteiger partial charge in [-0.2, -0.15) is 5.10 Å². The fraction of sp³-hybridized carbons (Fsp3) is 0.636. The van der Waals surface area contributed by atoms with Gasteiger partial charge in [-0.1, -0.05) is 0 Å². The van der Waals surface area contributed by atoms with E-state index in [1.165, 1.54) is 0 Å². The average Bonchev–Trinajstić information content (AvgIpc) is 2.68. The molecule has 1 aromatic rings. The SMILES string of the molecule is CCn1ncc(OC)c1C(=O)CCC(C)N. The van der Waals surface area contributed by atoms with E-state index in [-0.39, 0.29) is 11.8 Å². The molecule has 0 aliphatic rings. The predicted octanol–water partition coefficient (Wildman–Crippen LogP) is 1.22. The highest BCUT2D eigenvalue weighted by atomic mass is 16.5. The second kappa shape index (κ2) is 5.65. The molecule has 0 radical (unpaired) electrons. The first kappa shape index (κ1) is 12.7. The van der Waals surface area contributed by atoms with Crippen LogP contribution in [0.3, 0.4) is 0 Å². The number of hydrogen-bond donors (Lipinski definition) is 1. The van der Waals surface area contributed by atoms with E-state index in [4.69, 9.17) is 10.5 Å². The Morgan fingerprint density at radius 3 is 2.88 bits per heavy atom. The van der Waals surface area contributed by atoms with Crippen molar-refractivity contribution in [1.29, 1.82) is 0 Å². The highest BCUT2D eigenvalue weighted by Gasteiger charge is 2.18. The quantitative estimate of drug-likeness (QED) is 0.739. The number of ketones is 1. The van der Waals surface area contributed by atoms with Crippen molar-refractivity contribution < 1.29 is 9.53 Å². The van der Waals surface area contributed by atoms with Crippen LogP contribution in [0, 0.1) is 0 Å². The second-order valence-corrected chi connectivity index (χ2v) is 3.82. The number of hydrogen-bond acceptors (Lipinski definition) is 4. The Labute approximate surface area is 95.6 Å². The third-order valence-electron chi connectivity index (χ3n) is 2.42. The summed E-state index contributed by atoms with van der Waals surface area (Å²) >= 11 is 0. The Bertz CT molecular complexity index is 337. The number of carbonyl (C=O) groups excluding carboxylic acids is 1.